The Kier molecular flexibility index (Phi) is 5.99. The molecule has 0 unspecified atom stereocenters. The second-order valence-corrected chi connectivity index (χ2v) is 7.81. The fourth-order valence-corrected chi connectivity index (χ4v) is 3.04. The number of carbonyl (C=O) groups is 1. The Balaban J connectivity index is 1.69. The van der Waals surface area contributed by atoms with Crippen molar-refractivity contribution in [1.29, 1.82) is 0 Å². The molecule has 0 saturated heterocycles. The monoisotopic (exact) mass is 413 g/mol. The summed E-state index contributed by atoms with van der Waals surface area (Å²) in [6.45, 7) is 0. The largest absolute Gasteiger partial charge is 0.494 e. The van der Waals surface area contributed by atoms with Gasteiger partial charge >= 0.3 is 0 Å². The Bertz CT molecular complexity index is 1100. The van der Waals surface area contributed by atoms with Crippen LogP contribution in [0.1, 0.15) is 10.4 Å². The van der Waals surface area contributed by atoms with Crippen molar-refractivity contribution in [3.05, 3.63) is 72.6 Å². The van der Waals surface area contributed by atoms with Crippen LogP contribution in [0.3, 0.4) is 0 Å². The molecule has 0 atom stereocenters. The summed E-state index contributed by atoms with van der Waals surface area (Å²) in [5.41, 5.74) is 1.17. The normalized spacial score (nSPS) is 10.8. The topological polar surface area (TPSA) is 107 Å². The third kappa shape index (κ3) is 5.69. The molecule has 0 fully saturated rings. The van der Waals surface area contributed by atoms with Crippen LogP contribution in [0.5, 0.6) is 17.2 Å². The van der Waals surface area contributed by atoms with E-state index in [9.17, 15) is 13.2 Å². The highest BCUT2D eigenvalue weighted by Gasteiger charge is 2.12. The summed E-state index contributed by atoms with van der Waals surface area (Å²) in [6, 6.07) is 14.8. The van der Waals surface area contributed by atoms with Crippen molar-refractivity contribution in [2.75, 3.05) is 23.4 Å². The molecule has 0 saturated carbocycles. The molecule has 0 radical (unpaired) electrons. The minimum absolute atomic E-state index is 0.282. The van der Waals surface area contributed by atoms with Gasteiger partial charge in [-0.25, -0.2) is 8.42 Å². The lowest BCUT2D eigenvalue weighted by molar-refractivity contribution is 0.102. The number of amides is 1. The SMILES string of the molecule is COc1cc(NC(=O)c2ccc(Oc3cccnc3)cc2)ccc1NS(C)(=O)=O. The van der Waals surface area contributed by atoms with Gasteiger partial charge in [-0.2, -0.15) is 0 Å². The number of methoxy groups -OCH3 is 1. The van der Waals surface area contributed by atoms with Crippen molar-refractivity contribution in [2.45, 2.75) is 0 Å². The predicted molar refractivity (Wildman–Crippen MR) is 110 cm³/mol. The molecule has 0 aliphatic rings. The number of ether oxygens (including phenoxy) is 2. The smallest absolute Gasteiger partial charge is 0.255 e. The van der Waals surface area contributed by atoms with Crippen molar-refractivity contribution in [3.8, 4) is 17.2 Å². The van der Waals surface area contributed by atoms with Gasteiger partial charge < -0.3 is 14.8 Å². The molecule has 9 heteroatoms. The number of sulfonamides is 1. The van der Waals surface area contributed by atoms with Crippen LogP contribution < -0.4 is 19.5 Å². The summed E-state index contributed by atoms with van der Waals surface area (Å²) in [6.07, 6.45) is 4.29. The van der Waals surface area contributed by atoms with Crippen molar-refractivity contribution in [3.63, 3.8) is 0 Å². The standard InChI is InChI=1S/C20H19N3O5S/c1-27-19-12-15(7-10-18(19)23-29(2,25)26)22-20(24)14-5-8-16(9-6-14)28-17-4-3-11-21-13-17/h3-13,23H,1-2H3,(H,22,24). The fraction of sp³-hybridized carbons (Fsp3) is 0.100. The van der Waals surface area contributed by atoms with Crippen LogP contribution in [-0.2, 0) is 10.0 Å². The Morgan fingerprint density at radius 2 is 1.79 bits per heavy atom. The van der Waals surface area contributed by atoms with Gasteiger partial charge in [0.15, 0.2) is 0 Å². The quantitative estimate of drug-likeness (QED) is 0.614. The molecule has 0 aliphatic carbocycles. The number of nitrogens with zero attached hydrogens (tertiary/aromatic N) is 1. The molecule has 2 N–H and O–H groups in total. The molecule has 1 heterocycles. The maximum atomic E-state index is 12.5. The van der Waals surface area contributed by atoms with E-state index < -0.39 is 10.0 Å². The highest BCUT2D eigenvalue weighted by molar-refractivity contribution is 7.92. The minimum Gasteiger partial charge on any atom is -0.494 e. The van der Waals surface area contributed by atoms with E-state index in [-0.39, 0.29) is 17.3 Å². The highest BCUT2D eigenvalue weighted by atomic mass is 32.2. The maximum absolute atomic E-state index is 12.5. The van der Waals surface area contributed by atoms with Crippen molar-refractivity contribution in [2.24, 2.45) is 0 Å². The van der Waals surface area contributed by atoms with Gasteiger partial charge in [-0.15, -0.1) is 0 Å². The predicted octanol–water partition coefficient (Wildman–Crippen LogP) is 3.51. The first-order valence-corrected chi connectivity index (χ1v) is 10.4. The summed E-state index contributed by atoms with van der Waals surface area (Å²) in [5.74, 6) is 1.13. The zero-order chi connectivity index (χ0) is 20.9. The molecule has 0 spiro atoms. The van der Waals surface area contributed by atoms with E-state index in [1.807, 2.05) is 0 Å². The molecular formula is C20H19N3O5S. The summed E-state index contributed by atoms with van der Waals surface area (Å²) >= 11 is 0. The lowest BCUT2D eigenvalue weighted by Gasteiger charge is -2.12. The third-order valence-electron chi connectivity index (χ3n) is 3.74. The lowest BCUT2D eigenvalue weighted by atomic mass is 10.2. The van der Waals surface area contributed by atoms with E-state index >= 15 is 0 Å². The van der Waals surface area contributed by atoms with E-state index in [1.165, 1.54) is 19.2 Å². The summed E-state index contributed by atoms with van der Waals surface area (Å²) in [7, 11) is -2.04. The van der Waals surface area contributed by atoms with E-state index in [1.54, 1.807) is 54.9 Å². The van der Waals surface area contributed by atoms with Crippen LogP contribution in [0.15, 0.2) is 67.0 Å². The molecule has 29 heavy (non-hydrogen) atoms. The summed E-state index contributed by atoms with van der Waals surface area (Å²) in [5, 5.41) is 2.75. The third-order valence-corrected chi connectivity index (χ3v) is 4.33. The first kappa shape index (κ1) is 20.2. The van der Waals surface area contributed by atoms with E-state index in [0.717, 1.165) is 6.26 Å². The maximum Gasteiger partial charge on any atom is 0.255 e. The number of nitrogens with one attached hydrogen (secondary N) is 2. The Hall–Kier alpha value is -3.59. The average molecular weight is 413 g/mol. The van der Waals surface area contributed by atoms with Crippen LogP contribution in [-0.4, -0.2) is 32.7 Å². The zero-order valence-electron chi connectivity index (χ0n) is 15.7. The second kappa shape index (κ2) is 8.61. The van der Waals surface area contributed by atoms with E-state index in [0.29, 0.717) is 22.7 Å². The number of benzene rings is 2. The molecule has 0 aliphatic heterocycles. The fourth-order valence-electron chi connectivity index (χ4n) is 2.47. The number of anilines is 2. The van der Waals surface area contributed by atoms with Crippen LogP contribution in [0.2, 0.25) is 0 Å². The van der Waals surface area contributed by atoms with Gasteiger partial charge in [0.25, 0.3) is 5.91 Å². The Morgan fingerprint density at radius 1 is 1.03 bits per heavy atom. The minimum atomic E-state index is -3.45. The van der Waals surface area contributed by atoms with Crippen molar-refractivity contribution >= 4 is 27.3 Å². The van der Waals surface area contributed by atoms with Gasteiger partial charge in [0.1, 0.15) is 17.2 Å². The second-order valence-electron chi connectivity index (χ2n) is 6.06. The van der Waals surface area contributed by atoms with E-state index in [2.05, 4.69) is 15.0 Å². The van der Waals surface area contributed by atoms with Gasteiger partial charge in [-0.3, -0.25) is 14.5 Å². The number of aromatic nitrogens is 1. The van der Waals surface area contributed by atoms with Crippen molar-refractivity contribution in [1.82, 2.24) is 4.98 Å². The summed E-state index contributed by atoms with van der Waals surface area (Å²) < 4.78 is 36.0. The molecular weight excluding hydrogens is 394 g/mol. The van der Waals surface area contributed by atoms with Gasteiger partial charge in [-0.1, -0.05) is 0 Å². The zero-order valence-corrected chi connectivity index (χ0v) is 16.6. The number of rotatable bonds is 7. The molecule has 3 aromatic rings. The van der Waals surface area contributed by atoms with Gasteiger partial charge in [0.2, 0.25) is 10.0 Å². The average Bonchev–Trinajstić information content (AvgIpc) is 2.69. The van der Waals surface area contributed by atoms with Crippen LogP contribution in [0.25, 0.3) is 0 Å². The van der Waals surface area contributed by atoms with Crippen LogP contribution in [0.4, 0.5) is 11.4 Å². The van der Waals surface area contributed by atoms with Gasteiger partial charge in [0.05, 0.1) is 25.2 Å². The highest BCUT2D eigenvalue weighted by Crippen LogP contribution is 2.29. The van der Waals surface area contributed by atoms with Crippen LogP contribution >= 0.6 is 0 Å². The number of carbonyl (C=O) groups excluding carboxylic acids is 1. The first-order chi connectivity index (χ1) is 13.8. The lowest BCUT2D eigenvalue weighted by Crippen LogP contribution is -2.13. The van der Waals surface area contributed by atoms with Gasteiger partial charge in [-0.05, 0) is 48.5 Å². The molecule has 8 nitrogen and oxygen atoms in total. The number of hydrogen-bond donors (Lipinski definition) is 2. The van der Waals surface area contributed by atoms with Gasteiger partial charge in [0, 0.05) is 23.5 Å². The molecule has 3 rings (SSSR count). The van der Waals surface area contributed by atoms with E-state index in [4.69, 9.17) is 9.47 Å². The molecule has 150 valence electrons. The molecule has 0 bridgehead atoms. The molecule has 1 aromatic heterocycles. The first-order valence-electron chi connectivity index (χ1n) is 8.49. The Morgan fingerprint density at radius 3 is 2.41 bits per heavy atom. The Labute approximate surface area is 168 Å². The molecule has 2 aromatic carbocycles. The van der Waals surface area contributed by atoms with Crippen molar-refractivity contribution < 1.29 is 22.7 Å². The number of hydrogen-bond acceptors (Lipinski definition) is 6. The molecule has 1 amide bonds. The summed E-state index contributed by atoms with van der Waals surface area (Å²) in [4.78, 5) is 16.5. The number of pyridine rings is 1. The van der Waals surface area contributed by atoms with Crippen LogP contribution in [0, 0.1) is 0 Å².